The number of nitrogens with zero attached hydrogens (tertiary/aromatic N) is 2. The summed E-state index contributed by atoms with van der Waals surface area (Å²) in [4.78, 5) is 16.5. The topological polar surface area (TPSA) is 76.4 Å². The first-order chi connectivity index (χ1) is 11.7. The summed E-state index contributed by atoms with van der Waals surface area (Å²) >= 11 is 0. The number of amides is 1. The van der Waals surface area contributed by atoms with Crippen molar-refractivity contribution in [1.82, 2.24) is 9.55 Å². The van der Waals surface area contributed by atoms with E-state index in [4.69, 9.17) is 4.74 Å². The lowest BCUT2D eigenvalue weighted by Gasteiger charge is -2.11. The van der Waals surface area contributed by atoms with Crippen LogP contribution in [-0.2, 0) is 6.61 Å². The molecule has 2 N–H and O–H groups in total. The summed E-state index contributed by atoms with van der Waals surface area (Å²) in [5, 5.41) is 12.2. The van der Waals surface area contributed by atoms with Crippen LogP contribution in [0.3, 0.4) is 0 Å². The van der Waals surface area contributed by atoms with E-state index in [1.54, 1.807) is 42.9 Å². The minimum absolute atomic E-state index is 0.164. The highest BCUT2D eigenvalue weighted by molar-refractivity contribution is 6.04. The number of aliphatic hydroxyl groups is 1. The number of hydrogen-bond acceptors (Lipinski definition) is 4. The van der Waals surface area contributed by atoms with Gasteiger partial charge in [-0.3, -0.25) is 4.79 Å². The smallest absolute Gasteiger partial charge is 0.255 e. The maximum absolute atomic E-state index is 12.5. The highest BCUT2D eigenvalue weighted by Gasteiger charge is 2.09. The van der Waals surface area contributed by atoms with Gasteiger partial charge < -0.3 is 19.7 Å². The highest BCUT2D eigenvalue weighted by atomic mass is 16.5. The van der Waals surface area contributed by atoms with Gasteiger partial charge in [0.05, 0.1) is 20.0 Å². The van der Waals surface area contributed by atoms with Crippen molar-refractivity contribution < 1.29 is 14.6 Å². The number of nitrogens with one attached hydrogen (secondary N) is 1. The van der Waals surface area contributed by atoms with Crippen molar-refractivity contribution >= 4 is 11.6 Å². The van der Waals surface area contributed by atoms with Gasteiger partial charge in [0.1, 0.15) is 5.75 Å². The van der Waals surface area contributed by atoms with Gasteiger partial charge in [-0.1, -0.05) is 6.07 Å². The fraction of sp³-hybridized carbons (Fsp3) is 0.111. The third-order valence-electron chi connectivity index (χ3n) is 3.62. The van der Waals surface area contributed by atoms with Gasteiger partial charge in [-0.2, -0.15) is 0 Å². The van der Waals surface area contributed by atoms with Crippen molar-refractivity contribution in [3.8, 4) is 11.4 Å². The second-order valence-electron chi connectivity index (χ2n) is 5.16. The van der Waals surface area contributed by atoms with E-state index in [0.29, 0.717) is 22.6 Å². The van der Waals surface area contributed by atoms with Gasteiger partial charge in [-0.05, 0) is 36.4 Å². The molecule has 0 fully saturated rings. The molecule has 3 aromatic rings. The summed E-state index contributed by atoms with van der Waals surface area (Å²) in [6.07, 6.45) is 5.17. The number of ether oxygens (including phenoxy) is 1. The number of benzene rings is 2. The first-order valence-corrected chi connectivity index (χ1v) is 7.39. The van der Waals surface area contributed by atoms with Crippen LogP contribution in [0.1, 0.15) is 15.9 Å². The number of imidazole rings is 1. The molecule has 6 heteroatoms. The molecule has 0 saturated carbocycles. The molecular weight excluding hydrogens is 306 g/mol. The van der Waals surface area contributed by atoms with Gasteiger partial charge >= 0.3 is 0 Å². The zero-order valence-corrected chi connectivity index (χ0v) is 13.1. The van der Waals surface area contributed by atoms with E-state index in [9.17, 15) is 9.90 Å². The largest absolute Gasteiger partial charge is 0.496 e. The molecule has 0 aliphatic rings. The fourth-order valence-electron chi connectivity index (χ4n) is 2.40. The Morgan fingerprint density at radius 1 is 1.29 bits per heavy atom. The summed E-state index contributed by atoms with van der Waals surface area (Å²) in [5.74, 6) is 0.351. The third kappa shape index (κ3) is 3.28. The summed E-state index contributed by atoms with van der Waals surface area (Å²) in [5.41, 5.74) is 2.59. The van der Waals surface area contributed by atoms with Crippen LogP contribution >= 0.6 is 0 Å². The molecule has 6 nitrogen and oxygen atoms in total. The number of carbonyl (C=O) groups excluding carboxylic acids is 1. The van der Waals surface area contributed by atoms with Gasteiger partial charge in [0.25, 0.3) is 5.91 Å². The molecule has 3 rings (SSSR count). The molecule has 1 amide bonds. The van der Waals surface area contributed by atoms with Crippen LogP contribution in [0.15, 0.2) is 61.2 Å². The van der Waals surface area contributed by atoms with Crippen LogP contribution < -0.4 is 10.1 Å². The highest BCUT2D eigenvalue weighted by Crippen LogP contribution is 2.23. The van der Waals surface area contributed by atoms with Crippen molar-refractivity contribution in [3.63, 3.8) is 0 Å². The van der Waals surface area contributed by atoms with E-state index in [1.807, 2.05) is 22.9 Å². The molecule has 0 bridgehead atoms. The minimum Gasteiger partial charge on any atom is -0.496 e. The predicted molar refractivity (Wildman–Crippen MR) is 90.4 cm³/mol. The van der Waals surface area contributed by atoms with Gasteiger partial charge in [-0.25, -0.2) is 4.98 Å². The van der Waals surface area contributed by atoms with Crippen LogP contribution in [-0.4, -0.2) is 27.7 Å². The normalized spacial score (nSPS) is 10.4. The summed E-state index contributed by atoms with van der Waals surface area (Å²) in [7, 11) is 1.54. The summed E-state index contributed by atoms with van der Waals surface area (Å²) in [6, 6.07) is 12.4. The van der Waals surface area contributed by atoms with Crippen molar-refractivity contribution in [3.05, 3.63) is 72.3 Å². The number of carbonyl (C=O) groups is 1. The SMILES string of the molecule is COc1ccc(NC(=O)c2cccc(-n3ccnc3)c2)cc1CO. The van der Waals surface area contributed by atoms with Crippen LogP contribution in [0.4, 0.5) is 5.69 Å². The molecule has 2 aromatic carbocycles. The minimum atomic E-state index is -0.231. The Bertz CT molecular complexity index is 844. The van der Waals surface area contributed by atoms with Gasteiger partial charge in [0.2, 0.25) is 0 Å². The molecule has 0 spiro atoms. The predicted octanol–water partition coefficient (Wildman–Crippen LogP) is 2.63. The Morgan fingerprint density at radius 2 is 2.17 bits per heavy atom. The molecule has 1 aromatic heterocycles. The summed E-state index contributed by atoms with van der Waals surface area (Å²) < 4.78 is 6.98. The molecule has 0 radical (unpaired) electrons. The Hall–Kier alpha value is -3.12. The van der Waals surface area contributed by atoms with E-state index < -0.39 is 0 Å². The molecule has 24 heavy (non-hydrogen) atoms. The molecule has 122 valence electrons. The van der Waals surface area contributed by atoms with E-state index in [2.05, 4.69) is 10.3 Å². The second-order valence-corrected chi connectivity index (χ2v) is 5.16. The van der Waals surface area contributed by atoms with E-state index >= 15 is 0 Å². The van der Waals surface area contributed by atoms with Crippen molar-refractivity contribution in [2.45, 2.75) is 6.61 Å². The number of methoxy groups -OCH3 is 1. The second kappa shape index (κ2) is 6.97. The number of aromatic nitrogens is 2. The van der Waals surface area contributed by atoms with Crippen LogP contribution in [0.5, 0.6) is 5.75 Å². The standard InChI is InChI=1S/C18H17N3O3/c1-24-17-6-5-15(9-14(17)11-22)20-18(23)13-3-2-4-16(10-13)21-8-7-19-12-21/h2-10,12,22H,11H2,1H3,(H,20,23). The number of aliphatic hydroxyl groups excluding tert-OH is 1. The summed E-state index contributed by atoms with van der Waals surface area (Å²) in [6.45, 7) is -0.164. The zero-order chi connectivity index (χ0) is 16.9. The van der Waals surface area contributed by atoms with E-state index in [1.165, 1.54) is 7.11 Å². The van der Waals surface area contributed by atoms with Gasteiger partial charge in [0.15, 0.2) is 0 Å². The zero-order valence-electron chi connectivity index (χ0n) is 13.1. The maximum Gasteiger partial charge on any atom is 0.255 e. The first-order valence-electron chi connectivity index (χ1n) is 7.39. The lowest BCUT2D eigenvalue weighted by molar-refractivity contribution is 0.102. The number of rotatable bonds is 5. The van der Waals surface area contributed by atoms with E-state index in [-0.39, 0.29) is 12.5 Å². The molecule has 0 saturated heterocycles. The van der Waals surface area contributed by atoms with Crippen LogP contribution in [0, 0.1) is 0 Å². The van der Waals surface area contributed by atoms with Crippen molar-refractivity contribution in [2.75, 3.05) is 12.4 Å². The number of hydrogen-bond donors (Lipinski definition) is 2. The maximum atomic E-state index is 12.5. The average molecular weight is 323 g/mol. The Balaban J connectivity index is 1.81. The van der Waals surface area contributed by atoms with Crippen LogP contribution in [0.25, 0.3) is 5.69 Å². The Kier molecular flexibility index (Phi) is 4.58. The molecule has 1 heterocycles. The average Bonchev–Trinajstić information content (AvgIpc) is 3.16. The molecule has 0 aliphatic carbocycles. The van der Waals surface area contributed by atoms with Crippen molar-refractivity contribution in [2.24, 2.45) is 0 Å². The lowest BCUT2D eigenvalue weighted by Crippen LogP contribution is -2.12. The molecule has 0 atom stereocenters. The molecule has 0 unspecified atom stereocenters. The van der Waals surface area contributed by atoms with E-state index in [0.717, 1.165) is 5.69 Å². The van der Waals surface area contributed by atoms with Gasteiger partial charge in [0, 0.05) is 34.9 Å². The molecule has 0 aliphatic heterocycles. The monoisotopic (exact) mass is 323 g/mol. The van der Waals surface area contributed by atoms with Crippen molar-refractivity contribution in [1.29, 1.82) is 0 Å². The molecular formula is C18H17N3O3. The third-order valence-corrected chi connectivity index (χ3v) is 3.62. The quantitative estimate of drug-likeness (QED) is 0.757. The Morgan fingerprint density at radius 3 is 2.88 bits per heavy atom. The van der Waals surface area contributed by atoms with Gasteiger partial charge in [-0.15, -0.1) is 0 Å². The van der Waals surface area contributed by atoms with Crippen LogP contribution in [0.2, 0.25) is 0 Å². The fourth-order valence-corrected chi connectivity index (χ4v) is 2.40. The lowest BCUT2D eigenvalue weighted by atomic mass is 10.1. The Labute approximate surface area is 139 Å². The first kappa shape index (κ1) is 15.8. The number of anilines is 1.